The molecule has 2 heterocycles. The number of amidine groups is 1. The summed E-state index contributed by atoms with van der Waals surface area (Å²) in [6, 6.07) is 14.1. The van der Waals surface area contributed by atoms with E-state index in [0.29, 0.717) is 16.9 Å². The van der Waals surface area contributed by atoms with Crippen molar-refractivity contribution in [3.63, 3.8) is 0 Å². The highest BCUT2D eigenvalue weighted by molar-refractivity contribution is 7.12. The minimum absolute atomic E-state index is 0.0424. The van der Waals surface area contributed by atoms with Gasteiger partial charge in [0.15, 0.2) is 0 Å². The number of pyridine rings is 1. The van der Waals surface area contributed by atoms with E-state index in [9.17, 15) is 9.59 Å². The molecule has 0 saturated heterocycles. The minimum atomic E-state index is -0.591. The molecular formula is C23H24N4O3S. The van der Waals surface area contributed by atoms with Gasteiger partial charge >= 0.3 is 5.97 Å². The van der Waals surface area contributed by atoms with Crippen LogP contribution in [0.15, 0.2) is 60.1 Å². The second-order valence-electron chi connectivity index (χ2n) is 7.12. The van der Waals surface area contributed by atoms with Gasteiger partial charge in [0, 0.05) is 28.7 Å². The summed E-state index contributed by atoms with van der Waals surface area (Å²) < 4.78 is 4.97. The number of aromatic nitrogens is 1. The number of esters is 1. The van der Waals surface area contributed by atoms with E-state index >= 15 is 0 Å². The number of nitrogens with two attached hydrogens (primary N) is 1. The standard InChI is InChI=1S/C23H24N4O3S/c1-14(18(23(29)30-2)11-15-6-5-7-16(10-15)21(24)25)27-22(28)20-12-17(13-31-20)19-8-3-4-9-26-19/h3-10,12-14,18H,11H2,1-2H3,(H3,24,25)(H,27,28). The molecule has 1 aromatic carbocycles. The maximum Gasteiger partial charge on any atom is 0.311 e. The molecule has 7 nitrogen and oxygen atoms in total. The molecule has 4 N–H and O–H groups in total. The van der Waals surface area contributed by atoms with E-state index in [1.165, 1.54) is 18.4 Å². The number of ether oxygens (including phenoxy) is 1. The fraction of sp³-hybridized carbons (Fsp3) is 0.217. The lowest BCUT2D eigenvalue weighted by molar-refractivity contribution is -0.146. The normalized spacial score (nSPS) is 12.6. The predicted octanol–water partition coefficient (Wildman–Crippen LogP) is 3.24. The Morgan fingerprint density at radius 2 is 2.03 bits per heavy atom. The molecule has 0 bridgehead atoms. The third-order valence-electron chi connectivity index (χ3n) is 4.94. The quantitative estimate of drug-likeness (QED) is 0.285. The average molecular weight is 437 g/mol. The maximum atomic E-state index is 12.8. The summed E-state index contributed by atoms with van der Waals surface area (Å²) in [5.74, 6) is -1.31. The third-order valence-corrected chi connectivity index (χ3v) is 5.87. The van der Waals surface area contributed by atoms with Crippen molar-refractivity contribution < 1.29 is 14.3 Å². The number of hydrogen-bond donors (Lipinski definition) is 3. The first kappa shape index (κ1) is 22.2. The number of carbonyl (C=O) groups is 2. The van der Waals surface area contributed by atoms with Gasteiger partial charge in [-0.15, -0.1) is 11.3 Å². The Kier molecular flexibility index (Phi) is 7.15. The highest BCUT2D eigenvalue weighted by Gasteiger charge is 2.28. The van der Waals surface area contributed by atoms with Crippen LogP contribution in [0.25, 0.3) is 11.3 Å². The van der Waals surface area contributed by atoms with Crippen LogP contribution in [0.4, 0.5) is 0 Å². The van der Waals surface area contributed by atoms with Crippen molar-refractivity contribution >= 4 is 29.0 Å². The molecule has 0 aliphatic rings. The van der Waals surface area contributed by atoms with E-state index in [2.05, 4.69) is 10.3 Å². The monoisotopic (exact) mass is 436 g/mol. The van der Waals surface area contributed by atoms with Crippen molar-refractivity contribution in [3.05, 3.63) is 76.1 Å². The molecule has 2 unspecified atom stereocenters. The number of nitrogens with zero attached hydrogens (tertiary/aromatic N) is 1. The number of methoxy groups -OCH3 is 1. The van der Waals surface area contributed by atoms with Gasteiger partial charge < -0.3 is 15.8 Å². The number of thiophene rings is 1. The highest BCUT2D eigenvalue weighted by atomic mass is 32.1. The summed E-state index contributed by atoms with van der Waals surface area (Å²) in [6.07, 6.45) is 2.05. The van der Waals surface area contributed by atoms with Gasteiger partial charge in [-0.1, -0.05) is 24.3 Å². The van der Waals surface area contributed by atoms with Crippen LogP contribution in [0, 0.1) is 11.3 Å². The topological polar surface area (TPSA) is 118 Å². The lowest BCUT2D eigenvalue weighted by Crippen LogP contribution is -2.42. The lowest BCUT2D eigenvalue weighted by Gasteiger charge is -2.23. The molecule has 0 spiro atoms. The Labute approximate surface area is 184 Å². The van der Waals surface area contributed by atoms with Gasteiger partial charge in [-0.05, 0) is 43.2 Å². The fourth-order valence-corrected chi connectivity index (χ4v) is 4.04. The van der Waals surface area contributed by atoms with E-state index in [-0.39, 0.29) is 11.7 Å². The Bertz CT molecular complexity index is 1080. The van der Waals surface area contributed by atoms with Gasteiger partial charge in [-0.25, -0.2) is 0 Å². The van der Waals surface area contributed by atoms with Crippen molar-refractivity contribution in [3.8, 4) is 11.3 Å². The van der Waals surface area contributed by atoms with Crippen LogP contribution in [0.2, 0.25) is 0 Å². The third kappa shape index (κ3) is 5.55. The van der Waals surface area contributed by atoms with Gasteiger partial charge in [0.05, 0.1) is 23.6 Å². The average Bonchev–Trinajstić information content (AvgIpc) is 3.28. The summed E-state index contributed by atoms with van der Waals surface area (Å²) >= 11 is 1.32. The van der Waals surface area contributed by atoms with Crippen LogP contribution in [0.5, 0.6) is 0 Å². The predicted molar refractivity (Wildman–Crippen MR) is 121 cm³/mol. The van der Waals surface area contributed by atoms with Crippen molar-refractivity contribution in [2.75, 3.05) is 7.11 Å². The van der Waals surface area contributed by atoms with Crippen LogP contribution < -0.4 is 11.1 Å². The Morgan fingerprint density at radius 1 is 1.23 bits per heavy atom. The highest BCUT2D eigenvalue weighted by Crippen LogP contribution is 2.24. The summed E-state index contributed by atoms with van der Waals surface area (Å²) in [5, 5.41) is 12.4. The second-order valence-corrected chi connectivity index (χ2v) is 8.04. The molecule has 8 heteroatoms. The zero-order chi connectivity index (χ0) is 22.4. The molecule has 160 valence electrons. The van der Waals surface area contributed by atoms with Gasteiger partial charge in [-0.2, -0.15) is 0 Å². The van der Waals surface area contributed by atoms with Crippen LogP contribution >= 0.6 is 11.3 Å². The number of carbonyl (C=O) groups excluding carboxylic acids is 2. The molecular weight excluding hydrogens is 412 g/mol. The maximum absolute atomic E-state index is 12.8. The first-order valence-corrected chi connectivity index (χ1v) is 10.6. The van der Waals surface area contributed by atoms with E-state index in [1.54, 1.807) is 37.4 Å². The van der Waals surface area contributed by atoms with Crippen LogP contribution in [0.3, 0.4) is 0 Å². The summed E-state index contributed by atoms with van der Waals surface area (Å²) in [4.78, 5) is 30.1. The molecule has 0 aliphatic heterocycles. The summed E-state index contributed by atoms with van der Waals surface area (Å²) in [7, 11) is 1.33. The van der Waals surface area contributed by atoms with Gasteiger partial charge in [0.25, 0.3) is 5.91 Å². The first-order chi connectivity index (χ1) is 14.9. The second kappa shape index (κ2) is 9.99. The summed E-state index contributed by atoms with van der Waals surface area (Å²) in [5.41, 5.74) is 8.64. The number of nitrogens with one attached hydrogen (secondary N) is 2. The number of hydrogen-bond acceptors (Lipinski definition) is 6. The first-order valence-electron chi connectivity index (χ1n) is 9.71. The van der Waals surface area contributed by atoms with E-state index in [4.69, 9.17) is 15.9 Å². The Morgan fingerprint density at radius 3 is 2.71 bits per heavy atom. The molecule has 1 amide bonds. The number of nitrogen functional groups attached to an aromatic ring is 1. The van der Waals surface area contributed by atoms with Gasteiger partial charge in [-0.3, -0.25) is 20.0 Å². The Hall–Kier alpha value is -3.52. The number of rotatable bonds is 8. The van der Waals surface area contributed by atoms with Crippen molar-refractivity contribution in [1.29, 1.82) is 5.41 Å². The minimum Gasteiger partial charge on any atom is -0.469 e. The fourth-order valence-electron chi connectivity index (χ4n) is 3.24. The van der Waals surface area contributed by atoms with Crippen LogP contribution in [-0.2, 0) is 16.0 Å². The molecule has 0 radical (unpaired) electrons. The molecule has 3 rings (SSSR count). The smallest absolute Gasteiger partial charge is 0.311 e. The SMILES string of the molecule is COC(=O)C(Cc1cccc(C(=N)N)c1)C(C)NC(=O)c1cc(-c2ccccn2)cs1. The molecule has 2 aromatic heterocycles. The zero-order valence-corrected chi connectivity index (χ0v) is 18.1. The van der Waals surface area contributed by atoms with Gasteiger partial charge in [0.1, 0.15) is 5.84 Å². The molecule has 31 heavy (non-hydrogen) atoms. The van der Waals surface area contributed by atoms with Gasteiger partial charge in [0.2, 0.25) is 0 Å². The van der Waals surface area contributed by atoms with Crippen molar-refractivity contribution in [1.82, 2.24) is 10.3 Å². The van der Waals surface area contributed by atoms with E-state index in [0.717, 1.165) is 16.8 Å². The number of benzene rings is 1. The largest absolute Gasteiger partial charge is 0.469 e. The molecule has 0 aliphatic carbocycles. The van der Waals surface area contributed by atoms with E-state index < -0.39 is 17.9 Å². The van der Waals surface area contributed by atoms with Crippen molar-refractivity contribution in [2.45, 2.75) is 19.4 Å². The number of amides is 1. The van der Waals surface area contributed by atoms with E-state index in [1.807, 2.05) is 29.6 Å². The lowest BCUT2D eigenvalue weighted by atomic mass is 9.92. The van der Waals surface area contributed by atoms with Crippen LogP contribution in [-0.4, -0.2) is 35.8 Å². The molecule has 2 atom stereocenters. The van der Waals surface area contributed by atoms with Crippen molar-refractivity contribution in [2.24, 2.45) is 11.7 Å². The Balaban J connectivity index is 1.73. The summed E-state index contributed by atoms with van der Waals surface area (Å²) in [6.45, 7) is 1.78. The van der Waals surface area contributed by atoms with Crippen LogP contribution in [0.1, 0.15) is 27.7 Å². The molecule has 3 aromatic rings. The molecule has 0 fully saturated rings. The molecule has 0 saturated carbocycles. The zero-order valence-electron chi connectivity index (χ0n) is 17.3.